The second kappa shape index (κ2) is 13.2. The van der Waals surface area contributed by atoms with E-state index >= 15 is 0 Å². The number of nitrogens with zero attached hydrogens (tertiary/aromatic N) is 2. The molecule has 0 spiro atoms. The summed E-state index contributed by atoms with van der Waals surface area (Å²) in [5, 5.41) is 2.68. The quantitative estimate of drug-likeness (QED) is 0.154. The summed E-state index contributed by atoms with van der Waals surface area (Å²) in [5.41, 5.74) is 6.38. The third-order valence-corrected chi connectivity index (χ3v) is 9.57. The highest BCUT2D eigenvalue weighted by Gasteiger charge is 2.40. The normalized spacial score (nSPS) is 19.6. The van der Waals surface area contributed by atoms with Gasteiger partial charge in [0.05, 0.1) is 23.9 Å². The molecule has 0 radical (unpaired) electrons. The van der Waals surface area contributed by atoms with Crippen LogP contribution in [-0.2, 0) is 9.59 Å². The van der Waals surface area contributed by atoms with Crippen LogP contribution in [0.25, 0.3) is 6.08 Å². The van der Waals surface area contributed by atoms with Gasteiger partial charge >= 0.3 is 6.03 Å². The van der Waals surface area contributed by atoms with Crippen molar-refractivity contribution >= 4 is 46.9 Å². The van der Waals surface area contributed by atoms with Crippen molar-refractivity contribution in [2.24, 2.45) is 0 Å². The Balaban J connectivity index is 1.36. The lowest BCUT2D eigenvalue weighted by atomic mass is 9.76. The molecule has 0 aliphatic carbocycles. The summed E-state index contributed by atoms with van der Waals surface area (Å²) < 4.78 is 11.4. The van der Waals surface area contributed by atoms with E-state index < -0.39 is 17.8 Å². The minimum absolute atomic E-state index is 0.0771. The van der Waals surface area contributed by atoms with E-state index in [4.69, 9.17) is 21.1 Å². The molecule has 1 fully saturated rings. The highest BCUT2D eigenvalue weighted by molar-refractivity contribution is 6.39. The van der Waals surface area contributed by atoms with Gasteiger partial charge in [-0.1, -0.05) is 72.3 Å². The molecule has 0 unspecified atom stereocenters. The van der Waals surface area contributed by atoms with Gasteiger partial charge in [-0.3, -0.25) is 14.9 Å². The molecule has 48 heavy (non-hydrogen) atoms. The van der Waals surface area contributed by atoms with Gasteiger partial charge in [-0.2, -0.15) is 0 Å². The Morgan fingerprint density at radius 3 is 1.96 bits per heavy atom. The number of halogens is 1. The number of nitrogens with one attached hydrogen (secondary N) is 1. The lowest BCUT2D eigenvalue weighted by Crippen LogP contribution is -2.54. The molecule has 1 saturated heterocycles. The number of imide groups is 2. The number of rotatable bonds is 8. The molecule has 3 aliphatic heterocycles. The number of carbonyl (C=O) groups excluding carboxylic acids is 3. The van der Waals surface area contributed by atoms with Crippen molar-refractivity contribution in [2.45, 2.75) is 38.5 Å². The number of hydrogen-bond acceptors (Lipinski definition) is 6. The fourth-order valence-corrected chi connectivity index (χ4v) is 7.52. The Morgan fingerprint density at radius 1 is 0.812 bits per heavy atom. The van der Waals surface area contributed by atoms with Gasteiger partial charge in [0.2, 0.25) is 0 Å². The van der Waals surface area contributed by atoms with Crippen LogP contribution in [0.2, 0.25) is 5.02 Å². The van der Waals surface area contributed by atoms with Gasteiger partial charge < -0.3 is 14.4 Å². The number of hydrogen-bond donors (Lipinski definition) is 1. The van der Waals surface area contributed by atoms with E-state index in [0.717, 1.165) is 42.0 Å². The molecule has 244 valence electrons. The largest absolute Gasteiger partial charge is 0.490 e. The van der Waals surface area contributed by atoms with Gasteiger partial charge in [0, 0.05) is 30.6 Å². The Kier molecular flexibility index (Phi) is 8.67. The third-order valence-electron chi connectivity index (χ3n) is 9.29. The molecular formula is C39H36ClN3O5. The molecule has 4 aromatic carbocycles. The molecule has 7 rings (SSSR count). The first-order valence-corrected chi connectivity index (χ1v) is 16.8. The number of urea groups is 1. The van der Waals surface area contributed by atoms with Crippen molar-refractivity contribution in [1.82, 2.24) is 5.32 Å². The highest BCUT2D eigenvalue weighted by atomic mass is 35.5. The Bertz CT molecular complexity index is 1850. The third kappa shape index (κ3) is 5.70. The van der Waals surface area contributed by atoms with Crippen LogP contribution in [0.15, 0.2) is 90.5 Å². The van der Waals surface area contributed by atoms with Crippen molar-refractivity contribution in [2.75, 3.05) is 36.1 Å². The number of carbonyl (C=O) groups is 3. The highest BCUT2D eigenvalue weighted by Crippen LogP contribution is 2.50. The molecule has 4 amide bonds. The molecule has 3 aliphatic rings. The Morgan fingerprint density at radius 2 is 1.40 bits per heavy atom. The number of barbiturate groups is 1. The fourth-order valence-electron chi connectivity index (χ4n) is 7.25. The summed E-state index contributed by atoms with van der Waals surface area (Å²) in [4.78, 5) is 44.5. The summed E-state index contributed by atoms with van der Waals surface area (Å²) >= 11 is 6.55. The summed E-state index contributed by atoms with van der Waals surface area (Å²) in [6.07, 6.45) is 3.24. The predicted molar refractivity (Wildman–Crippen MR) is 187 cm³/mol. The first kappa shape index (κ1) is 31.5. The number of ether oxygens (including phenoxy) is 2. The molecule has 2 atom stereocenters. The van der Waals surface area contributed by atoms with Gasteiger partial charge in [-0.25, -0.2) is 9.69 Å². The second-order valence-corrected chi connectivity index (χ2v) is 12.5. The second-order valence-electron chi connectivity index (χ2n) is 12.1. The monoisotopic (exact) mass is 661 g/mol. The van der Waals surface area contributed by atoms with Gasteiger partial charge in [0.25, 0.3) is 11.8 Å². The lowest BCUT2D eigenvalue weighted by molar-refractivity contribution is -0.122. The van der Waals surface area contributed by atoms with Gasteiger partial charge in [0.15, 0.2) is 11.5 Å². The Hall–Kier alpha value is -5.08. The van der Waals surface area contributed by atoms with Crippen LogP contribution in [0.3, 0.4) is 0 Å². The summed E-state index contributed by atoms with van der Waals surface area (Å²) in [6.45, 7) is 6.26. The first-order valence-electron chi connectivity index (χ1n) is 16.4. The Labute approximate surface area is 284 Å². The van der Waals surface area contributed by atoms with Crippen LogP contribution in [0, 0.1) is 0 Å². The summed E-state index contributed by atoms with van der Waals surface area (Å²) in [7, 11) is 0. The van der Waals surface area contributed by atoms with Crippen molar-refractivity contribution in [3.8, 4) is 11.5 Å². The van der Waals surface area contributed by atoms with E-state index in [9.17, 15) is 14.4 Å². The van der Waals surface area contributed by atoms with Crippen LogP contribution >= 0.6 is 11.6 Å². The van der Waals surface area contributed by atoms with Crippen molar-refractivity contribution in [3.63, 3.8) is 0 Å². The molecule has 1 N–H and O–H groups in total. The molecule has 0 saturated carbocycles. The molecule has 8 nitrogen and oxygen atoms in total. The average Bonchev–Trinajstić information content (AvgIpc) is 3.09. The minimum atomic E-state index is -0.787. The van der Waals surface area contributed by atoms with Crippen LogP contribution in [0.5, 0.6) is 11.5 Å². The van der Waals surface area contributed by atoms with Crippen molar-refractivity contribution in [1.29, 1.82) is 0 Å². The predicted octanol–water partition coefficient (Wildman–Crippen LogP) is 7.68. The standard InChI is InChI=1S/C39H36ClN3O5/c1-3-47-34-21-24(20-33(40)36(34)48-4-2)19-32-37(44)41-39(46)43(38(32)45)27-22-30-28(25-11-7-5-8-12-25)15-17-42-18-16-29(31(23-27)35(30)42)26-13-9-6-10-14-26/h5-14,19-23,28-29H,3-4,15-18H2,1-2H3,(H,41,44,46)/b32-19+/t28-,29-/m0/s1. The number of benzene rings is 4. The summed E-state index contributed by atoms with van der Waals surface area (Å²) in [5.74, 6) is -0.555. The smallest absolute Gasteiger partial charge is 0.335 e. The van der Waals surface area contributed by atoms with Crippen LogP contribution in [0.1, 0.15) is 66.3 Å². The van der Waals surface area contributed by atoms with E-state index in [2.05, 4.69) is 34.5 Å². The topological polar surface area (TPSA) is 88.2 Å². The van der Waals surface area contributed by atoms with E-state index in [-0.39, 0.29) is 22.4 Å². The molecule has 0 aromatic heterocycles. The van der Waals surface area contributed by atoms with E-state index in [1.54, 1.807) is 12.1 Å². The van der Waals surface area contributed by atoms with Gasteiger partial charge in [-0.15, -0.1) is 0 Å². The van der Waals surface area contributed by atoms with Gasteiger partial charge in [-0.05, 0) is 84.8 Å². The fraction of sp³-hybridized carbons (Fsp3) is 0.256. The molecule has 4 aromatic rings. The maximum absolute atomic E-state index is 14.2. The van der Waals surface area contributed by atoms with E-state index in [1.807, 2.05) is 62.4 Å². The minimum Gasteiger partial charge on any atom is -0.490 e. The van der Waals surface area contributed by atoms with Crippen LogP contribution in [-0.4, -0.2) is 44.1 Å². The van der Waals surface area contributed by atoms with Crippen LogP contribution < -0.4 is 24.6 Å². The number of amides is 4. The zero-order chi connectivity index (χ0) is 33.4. The van der Waals surface area contributed by atoms with Crippen molar-refractivity contribution in [3.05, 3.63) is 123 Å². The zero-order valence-electron chi connectivity index (χ0n) is 26.9. The first-order chi connectivity index (χ1) is 23.4. The summed E-state index contributed by atoms with van der Waals surface area (Å²) in [6, 6.07) is 27.1. The maximum atomic E-state index is 14.2. The average molecular weight is 662 g/mol. The van der Waals surface area contributed by atoms with E-state index in [1.165, 1.54) is 22.9 Å². The molecular weight excluding hydrogens is 626 g/mol. The SMILES string of the molecule is CCOc1cc(/C=C2\C(=O)NC(=O)N(c3cc4c5c(c3)[C@H](c3ccccc3)CCN5CC[C@H]4c3ccccc3)C2=O)cc(Cl)c1OCC. The maximum Gasteiger partial charge on any atom is 0.335 e. The lowest BCUT2D eigenvalue weighted by Gasteiger charge is -2.44. The zero-order valence-corrected chi connectivity index (χ0v) is 27.6. The molecule has 0 bridgehead atoms. The number of anilines is 2. The molecule has 9 heteroatoms. The van der Waals surface area contributed by atoms with Crippen molar-refractivity contribution < 1.29 is 23.9 Å². The molecule has 3 heterocycles. The van der Waals surface area contributed by atoms with Gasteiger partial charge in [0.1, 0.15) is 5.57 Å². The van der Waals surface area contributed by atoms with Crippen LogP contribution in [0.4, 0.5) is 16.2 Å². The van der Waals surface area contributed by atoms with E-state index in [0.29, 0.717) is 36.0 Å².